The van der Waals surface area contributed by atoms with Crippen LogP contribution in [0.1, 0.15) is 18.4 Å². The van der Waals surface area contributed by atoms with Crippen molar-refractivity contribution in [3.8, 4) is 0 Å². The molecule has 2 unspecified atom stereocenters. The minimum Gasteiger partial charge on any atom is -0.382 e. The molecule has 1 heterocycles. The minimum atomic E-state index is -0.948. The van der Waals surface area contributed by atoms with E-state index in [9.17, 15) is 5.11 Å². The Labute approximate surface area is 122 Å². The van der Waals surface area contributed by atoms with Crippen molar-refractivity contribution in [3.05, 3.63) is 35.9 Å². The van der Waals surface area contributed by atoms with Crippen molar-refractivity contribution in [1.29, 1.82) is 0 Å². The van der Waals surface area contributed by atoms with Crippen molar-refractivity contribution in [1.82, 2.24) is 9.80 Å². The molecule has 3 N–H and O–H groups in total. The lowest BCUT2D eigenvalue weighted by Crippen LogP contribution is -2.49. The summed E-state index contributed by atoms with van der Waals surface area (Å²) in [4.78, 5) is 4.60. The fourth-order valence-corrected chi connectivity index (χ4v) is 3.09. The molecule has 0 amide bonds. The molecule has 0 radical (unpaired) electrons. The number of benzene rings is 1. The summed E-state index contributed by atoms with van der Waals surface area (Å²) in [5.41, 5.74) is 5.84. The summed E-state index contributed by atoms with van der Waals surface area (Å²) < 4.78 is 0. The van der Waals surface area contributed by atoms with Crippen LogP contribution in [0.4, 0.5) is 0 Å². The highest BCUT2D eigenvalue weighted by Crippen LogP contribution is 2.26. The minimum absolute atomic E-state index is 0.252. The smallest absolute Gasteiger partial charge is 0.114 e. The average Bonchev–Trinajstić information content (AvgIpc) is 2.86. The van der Waals surface area contributed by atoms with E-state index in [1.807, 2.05) is 30.3 Å². The monoisotopic (exact) mass is 277 g/mol. The molecule has 1 aliphatic rings. The van der Waals surface area contributed by atoms with E-state index in [0.29, 0.717) is 12.6 Å². The van der Waals surface area contributed by atoms with Crippen molar-refractivity contribution >= 4 is 0 Å². The highest BCUT2D eigenvalue weighted by atomic mass is 16.3. The quantitative estimate of drug-likeness (QED) is 0.810. The van der Waals surface area contributed by atoms with E-state index in [4.69, 9.17) is 5.73 Å². The molecule has 1 aliphatic heterocycles. The van der Waals surface area contributed by atoms with Gasteiger partial charge in [0.05, 0.1) is 0 Å². The van der Waals surface area contributed by atoms with Crippen LogP contribution in [0.5, 0.6) is 0 Å². The van der Waals surface area contributed by atoms with Crippen molar-refractivity contribution in [2.45, 2.75) is 24.5 Å². The Hall–Kier alpha value is -0.940. The van der Waals surface area contributed by atoms with Gasteiger partial charge in [-0.05, 0) is 39.0 Å². The number of aliphatic hydroxyl groups is 1. The third kappa shape index (κ3) is 3.58. The zero-order chi connectivity index (χ0) is 14.6. The van der Waals surface area contributed by atoms with Crippen LogP contribution in [0.2, 0.25) is 0 Å². The maximum Gasteiger partial charge on any atom is 0.114 e. The van der Waals surface area contributed by atoms with Gasteiger partial charge in [0.2, 0.25) is 0 Å². The Morgan fingerprint density at radius 1 is 1.35 bits per heavy atom. The molecule has 4 heteroatoms. The largest absolute Gasteiger partial charge is 0.382 e. The number of nitrogens with two attached hydrogens (primary N) is 1. The fraction of sp³-hybridized carbons (Fsp3) is 0.625. The van der Waals surface area contributed by atoms with E-state index < -0.39 is 5.60 Å². The SMILES string of the molecule is CN(C)CC1CCCN1CC(O)(CN)c1ccccc1. The van der Waals surface area contributed by atoms with Gasteiger partial charge in [-0.1, -0.05) is 30.3 Å². The normalized spacial score (nSPS) is 23.1. The van der Waals surface area contributed by atoms with E-state index in [-0.39, 0.29) is 6.54 Å². The molecule has 1 aromatic rings. The molecule has 4 nitrogen and oxygen atoms in total. The van der Waals surface area contributed by atoms with Gasteiger partial charge in [-0.2, -0.15) is 0 Å². The predicted molar refractivity (Wildman–Crippen MR) is 82.5 cm³/mol. The third-order valence-corrected chi connectivity index (χ3v) is 4.19. The number of likely N-dealkylation sites (tertiary alicyclic amines) is 1. The first kappa shape index (κ1) is 15.4. The summed E-state index contributed by atoms with van der Waals surface area (Å²) in [7, 11) is 4.20. The van der Waals surface area contributed by atoms with Crippen molar-refractivity contribution < 1.29 is 5.11 Å². The van der Waals surface area contributed by atoms with Gasteiger partial charge in [-0.3, -0.25) is 4.90 Å². The Bertz CT molecular complexity index is 409. The maximum absolute atomic E-state index is 10.9. The number of likely N-dealkylation sites (N-methyl/N-ethyl adjacent to an activating group) is 1. The van der Waals surface area contributed by atoms with Gasteiger partial charge >= 0.3 is 0 Å². The Balaban J connectivity index is 2.09. The van der Waals surface area contributed by atoms with Crippen LogP contribution in [0.15, 0.2) is 30.3 Å². The van der Waals surface area contributed by atoms with Crippen LogP contribution >= 0.6 is 0 Å². The van der Waals surface area contributed by atoms with Crippen molar-refractivity contribution in [2.75, 3.05) is 40.3 Å². The molecule has 1 aromatic carbocycles. The van der Waals surface area contributed by atoms with Gasteiger partial charge in [0.25, 0.3) is 0 Å². The number of nitrogens with zero attached hydrogens (tertiary/aromatic N) is 2. The highest BCUT2D eigenvalue weighted by molar-refractivity contribution is 5.23. The summed E-state index contributed by atoms with van der Waals surface area (Å²) in [5.74, 6) is 0. The molecule has 2 atom stereocenters. The van der Waals surface area contributed by atoms with E-state index >= 15 is 0 Å². The Morgan fingerprint density at radius 2 is 2.05 bits per heavy atom. The maximum atomic E-state index is 10.9. The molecule has 1 saturated heterocycles. The molecule has 112 valence electrons. The van der Waals surface area contributed by atoms with Crippen molar-refractivity contribution in [3.63, 3.8) is 0 Å². The standard InChI is InChI=1S/C16H27N3O/c1-18(2)11-15-9-6-10-19(15)13-16(20,12-17)14-7-4-3-5-8-14/h3-5,7-8,15,20H,6,9-13,17H2,1-2H3. The lowest BCUT2D eigenvalue weighted by Gasteiger charge is -2.35. The number of hydrogen-bond acceptors (Lipinski definition) is 4. The van der Waals surface area contributed by atoms with E-state index in [1.165, 1.54) is 12.8 Å². The topological polar surface area (TPSA) is 52.7 Å². The first-order chi connectivity index (χ1) is 9.55. The third-order valence-electron chi connectivity index (χ3n) is 4.19. The number of rotatable bonds is 6. The van der Waals surface area contributed by atoms with Crippen molar-refractivity contribution in [2.24, 2.45) is 5.73 Å². The summed E-state index contributed by atoms with van der Waals surface area (Å²) in [5, 5.41) is 10.9. The summed E-state index contributed by atoms with van der Waals surface area (Å²) >= 11 is 0. The zero-order valence-electron chi connectivity index (χ0n) is 12.6. The van der Waals surface area contributed by atoms with Crippen LogP contribution < -0.4 is 5.73 Å². The molecule has 0 bridgehead atoms. The predicted octanol–water partition coefficient (Wildman–Crippen LogP) is 0.859. The van der Waals surface area contributed by atoms with Gasteiger partial charge in [0.15, 0.2) is 0 Å². The number of hydrogen-bond donors (Lipinski definition) is 2. The van der Waals surface area contributed by atoms with Gasteiger partial charge in [-0.15, -0.1) is 0 Å². The second kappa shape index (κ2) is 6.68. The van der Waals surface area contributed by atoms with Gasteiger partial charge < -0.3 is 15.7 Å². The average molecular weight is 277 g/mol. The van der Waals surface area contributed by atoms with Crippen LogP contribution in [0.3, 0.4) is 0 Å². The van der Waals surface area contributed by atoms with Crippen LogP contribution in [-0.4, -0.2) is 61.2 Å². The lowest BCUT2D eigenvalue weighted by atomic mass is 9.93. The van der Waals surface area contributed by atoms with Crippen LogP contribution in [0.25, 0.3) is 0 Å². The zero-order valence-corrected chi connectivity index (χ0v) is 12.6. The fourth-order valence-electron chi connectivity index (χ4n) is 3.09. The van der Waals surface area contributed by atoms with E-state index in [2.05, 4.69) is 23.9 Å². The second-order valence-electron chi connectivity index (χ2n) is 6.13. The molecule has 1 fully saturated rings. The molecule has 2 rings (SSSR count). The summed E-state index contributed by atoms with van der Waals surface area (Å²) in [6, 6.07) is 10.3. The molecule has 0 spiro atoms. The van der Waals surface area contributed by atoms with Crippen LogP contribution in [0, 0.1) is 0 Å². The molecule has 0 aliphatic carbocycles. The molecule has 0 saturated carbocycles. The second-order valence-corrected chi connectivity index (χ2v) is 6.13. The van der Waals surface area contributed by atoms with Crippen LogP contribution in [-0.2, 0) is 5.60 Å². The highest BCUT2D eigenvalue weighted by Gasteiger charge is 2.35. The first-order valence-electron chi connectivity index (χ1n) is 7.42. The van der Waals surface area contributed by atoms with Gasteiger partial charge in [0.1, 0.15) is 5.60 Å². The van der Waals surface area contributed by atoms with E-state index in [1.54, 1.807) is 0 Å². The molecule has 0 aromatic heterocycles. The van der Waals surface area contributed by atoms with Gasteiger partial charge in [-0.25, -0.2) is 0 Å². The molecular formula is C16H27N3O. The Kier molecular flexibility index (Phi) is 5.16. The van der Waals surface area contributed by atoms with Gasteiger partial charge in [0, 0.05) is 25.7 Å². The van der Waals surface area contributed by atoms with E-state index in [0.717, 1.165) is 18.7 Å². The Morgan fingerprint density at radius 3 is 2.65 bits per heavy atom. The summed E-state index contributed by atoms with van der Waals surface area (Å²) in [6.45, 7) is 2.96. The number of β-amino-alcohol motifs (C(OH)–C–C–N with tert-alkyl or cyclic N) is 1. The summed E-state index contributed by atoms with van der Waals surface area (Å²) in [6.07, 6.45) is 2.40. The molecule has 20 heavy (non-hydrogen) atoms. The first-order valence-corrected chi connectivity index (χ1v) is 7.42. The lowest BCUT2D eigenvalue weighted by molar-refractivity contribution is 0.000719. The molecular weight excluding hydrogens is 250 g/mol.